The monoisotopic (exact) mass is 322 g/mol. The summed E-state index contributed by atoms with van der Waals surface area (Å²) in [6.07, 6.45) is 7.12. The molecule has 2 aromatic heterocycles. The first-order chi connectivity index (χ1) is 10.4. The molecule has 0 radical (unpaired) electrons. The molecule has 8 nitrogen and oxygen atoms in total. The van der Waals surface area contributed by atoms with Crippen LogP contribution in [0.15, 0.2) is 6.33 Å². The van der Waals surface area contributed by atoms with Crippen molar-refractivity contribution in [1.29, 1.82) is 0 Å². The van der Waals surface area contributed by atoms with Gasteiger partial charge < -0.3 is 24.9 Å². The van der Waals surface area contributed by atoms with Gasteiger partial charge >= 0.3 is 0 Å². The molecule has 0 aliphatic heterocycles. The maximum absolute atomic E-state index is 11.6. The summed E-state index contributed by atoms with van der Waals surface area (Å²) in [5, 5.41) is 2.97. The van der Waals surface area contributed by atoms with E-state index in [2.05, 4.69) is 26.2 Å². The van der Waals surface area contributed by atoms with Crippen LogP contribution >= 0.6 is 7.14 Å². The molecule has 0 saturated carbocycles. The summed E-state index contributed by atoms with van der Waals surface area (Å²) < 4.78 is 18.8. The van der Waals surface area contributed by atoms with Crippen LogP contribution in [0.5, 0.6) is 0 Å². The number of hydrogen-bond acceptors (Lipinski definition) is 7. The molecule has 2 rings (SSSR count). The summed E-state index contributed by atoms with van der Waals surface area (Å²) in [6, 6.07) is 0. The van der Waals surface area contributed by atoms with Crippen molar-refractivity contribution in [2.45, 2.75) is 6.54 Å². The molecule has 0 atom stereocenters. The lowest BCUT2D eigenvalue weighted by Gasteiger charge is -2.09. The van der Waals surface area contributed by atoms with E-state index in [0.717, 1.165) is 0 Å². The maximum atomic E-state index is 11.6. The summed E-state index contributed by atoms with van der Waals surface area (Å²) in [7, 11) is -2.17. The van der Waals surface area contributed by atoms with E-state index in [4.69, 9.17) is 16.9 Å². The lowest BCUT2D eigenvalue weighted by molar-refractivity contribution is 0.167. The van der Waals surface area contributed by atoms with Gasteiger partial charge in [0.2, 0.25) is 5.95 Å². The lowest BCUT2D eigenvalue weighted by atomic mass is 10.4. The fourth-order valence-electron chi connectivity index (χ4n) is 1.83. The quantitative estimate of drug-likeness (QED) is 0.445. The van der Waals surface area contributed by atoms with Gasteiger partial charge in [0.05, 0.1) is 25.8 Å². The van der Waals surface area contributed by atoms with Crippen molar-refractivity contribution in [3.63, 3.8) is 0 Å². The minimum Gasteiger partial charge on any atom is -0.372 e. The second-order valence-electron chi connectivity index (χ2n) is 5.21. The molecule has 0 aromatic carbocycles. The third kappa shape index (κ3) is 4.20. The van der Waals surface area contributed by atoms with Crippen molar-refractivity contribution in [2.75, 3.05) is 43.9 Å². The largest absolute Gasteiger partial charge is 0.372 e. The number of nitrogens with zero attached hydrogens (tertiary/aromatic N) is 4. The van der Waals surface area contributed by atoms with Gasteiger partial charge in [0.1, 0.15) is 7.14 Å². The number of rotatable bonds is 7. The van der Waals surface area contributed by atoms with Crippen molar-refractivity contribution in [1.82, 2.24) is 19.5 Å². The van der Waals surface area contributed by atoms with Gasteiger partial charge in [0.25, 0.3) is 0 Å². The maximum Gasteiger partial charge on any atom is 0.224 e. The second-order valence-corrected chi connectivity index (χ2v) is 8.62. The standard InChI is InChI=1S/C13H19N6O2P/c1-4-5-15-11-10-12(18-13(14)17-11)19(8-16-10)6-7-21-9-22(2,3)20/h1,8H,5-7,9H2,2-3H3,(H3,14,15,17,18). The van der Waals surface area contributed by atoms with E-state index in [1.165, 1.54) is 0 Å². The van der Waals surface area contributed by atoms with Crippen molar-refractivity contribution < 1.29 is 9.30 Å². The molecule has 0 fully saturated rings. The smallest absolute Gasteiger partial charge is 0.224 e. The first-order valence-corrected chi connectivity index (χ1v) is 9.47. The van der Waals surface area contributed by atoms with Gasteiger partial charge in [-0.25, -0.2) is 4.98 Å². The Hall–Kier alpha value is -2.10. The molecular formula is C13H19N6O2P. The van der Waals surface area contributed by atoms with E-state index in [0.29, 0.717) is 36.7 Å². The molecule has 3 N–H and O–H groups in total. The van der Waals surface area contributed by atoms with Crippen LogP contribution in [0, 0.1) is 12.3 Å². The van der Waals surface area contributed by atoms with Crippen LogP contribution in [0.1, 0.15) is 0 Å². The zero-order chi connectivity index (χ0) is 16.2. The molecule has 2 heterocycles. The summed E-state index contributed by atoms with van der Waals surface area (Å²) in [4.78, 5) is 12.6. The van der Waals surface area contributed by atoms with Gasteiger partial charge in [-0.05, 0) is 13.3 Å². The molecule has 22 heavy (non-hydrogen) atoms. The first kappa shape index (κ1) is 16.3. The highest BCUT2D eigenvalue weighted by atomic mass is 31.2. The molecule has 0 aliphatic rings. The van der Waals surface area contributed by atoms with Gasteiger partial charge in [0.15, 0.2) is 17.0 Å². The van der Waals surface area contributed by atoms with Crippen molar-refractivity contribution in [3.05, 3.63) is 6.33 Å². The normalized spacial score (nSPS) is 11.5. The minimum atomic E-state index is -2.17. The van der Waals surface area contributed by atoms with Crippen molar-refractivity contribution >= 4 is 30.1 Å². The Balaban J connectivity index is 2.13. The van der Waals surface area contributed by atoms with Gasteiger partial charge in [-0.15, -0.1) is 6.42 Å². The van der Waals surface area contributed by atoms with E-state index >= 15 is 0 Å². The predicted octanol–water partition coefficient (Wildman–Crippen LogP) is 1.05. The molecule has 0 saturated heterocycles. The van der Waals surface area contributed by atoms with E-state index in [-0.39, 0.29) is 12.3 Å². The van der Waals surface area contributed by atoms with E-state index in [1.807, 2.05) is 4.57 Å². The number of fused-ring (bicyclic) bond motifs is 1. The van der Waals surface area contributed by atoms with E-state index in [9.17, 15) is 4.57 Å². The van der Waals surface area contributed by atoms with Gasteiger partial charge in [0, 0.05) is 6.54 Å². The molecule has 0 bridgehead atoms. The highest BCUT2D eigenvalue weighted by molar-refractivity contribution is 7.62. The number of nitrogen functional groups attached to an aromatic ring is 1. The minimum absolute atomic E-state index is 0.140. The number of anilines is 2. The van der Waals surface area contributed by atoms with Crippen LogP contribution in [-0.4, -0.2) is 52.3 Å². The molecule has 9 heteroatoms. The highest BCUT2D eigenvalue weighted by Gasteiger charge is 2.12. The molecule has 0 unspecified atom stereocenters. The number of hydrogen-bond donors (Lipinski definition) is 2. The van der Waals surface area contributed by atoms with Crippen LogP contribution in [-0.2, 0) is 15.8 Å². The molecule has 0 amide bonds. The summed E-state index contributed by atoms with van der Waals surface area (Å²) >= 11 is 0. The number of ether oxygens (including phenoxy) is 1. The molecule has 0 aliphatic carbocycles. The van der Waals surface area contributed by atoms with E-state index in [1.54, 1.807) is 19.7 Å². The average Bonchev–Trinajstić information content (AvgIpc) is 2.83. The van der Waals surface area contributed by atoms with Gasteiger partial charge in [-0.2, -0.15) is 9.97 Å². The summed E-state index contributed by atoms with van der Waals surface area (Å²) in [6.45, 7) is 4.65. The van der Waals surface area contributed by atoms with Crippen molar-refractivity contribution in [3.8, 4) is 12.3 Å². The average molecular weight is 322 g/mol. The Kier molecular flexibility index (Phi) is 5.01. The number of nitrogens with one attached hydrogen (secondary N) is 1. The van der Waals surface area contributed by atoms with Gasteiger partial charge in [-0.3, -0.25) is 0 Å². The topological polar surface area (TPSA) is 108 Å². The molecular weight excluding hydrogens is 303 g/mol. The number of terminal acetylenes is 1. The van der Waals surface area contributed by atoms with Crippen LogP contribution in [0.2, 0.25) is 0 Å². The zero-order valence-corrected chi connectivity index (χ0v) is 13.5. The van der Waals surface area contributed by atoms with Crippen molar-refractivity contribution in [2.24, 2.45) is 0 Å². The number of nitrogens with two attached hydrogens (primary N) is 1. The van der Waals surface area contributed by atoms with Crippen LogP contribution in [0.3, 0.4) is 0 Å². The van der Waals surface area contributed by atoms with Gasteiger partial charge in [-0.1, -0.05) is 5.92 Å². The number of aromatic nitrogens is 4. The fraction of sp³-hybridized carbons (Fsp3) is 0.462. The first-order valence-electron chi connectivity index (χ1n) is 6.68. The molecule has 0 spiro atoms. The Morgan fingerprint density at radius 1 is 1.50 bits per heavy atom. The fourth-order valence-corrected chi connectivity index (χ4v) is 2.40. The molecule has 118 valence electrons. The van der Waals surface area contributed by atoms with E-state index < -0.39 is 7.14 Å². The third-order valence-corrected chi connectivity index (χ3v) is 3.52. The van der Waals surface area contributed by atoms with Crippen LogP contribution < -0.4 is 11.1 Å². The number of imidazole rings is 1. The Labute approximate surface area is 128 Å². The molecule has 2 aromatic rings. The second kappa shape index (κ2) is 6.77. The van der Waals surface area contributed by atoms with Crippen LogP contribution in [0.25, 0.3) is 11.2 Å². The Morgan fingerprint density at radius 2 is 2.27 bits per heavy atom. The zero-order valence-electron chi connectivity index (χ0n) is 12.6. The third-order valence-electron chi connectivity index (χ3n) is 2.72. The lowest BCUT2D eigenvalue weighted by Crippen LogP contribution is -2.09. The summed E-state index contributed by atoms with van der Waals surface area (Å²) in [5.41, 5.74) is 6.92. The SMILES string of the molecule is C#CCNc1nc(N)nc2c1ncn2CCOCP(C)(C)=O. The Bertz CT molecular complexity index is 745. The predicted molar refractivity (Wildman–Crippen MR) is 87.3 cm³/mol. The summed E-state index contributed by atoms with van der Waals surface area (Å²) in [5.74, 6) is 3.12. The Morgan fingerprint density at radius 3 is 2.95 bits per heavy atom. The highest BCUT2D eigenvalue weighted by Crippen LogP contribution is 2.35. The van der Waals surface area contributed by atoms with Crippen LogP contribution in [0.4, 0.5) is 11.8 Å².